The first-order valence-electron chi connectivity index (χ1n) is 6.66. The van der Waals surface area contributed by atoms with Crippen molar-refractivity contribution in [2.75, 3.05) is 6.54 Å². The van der Waals surface area contributed by atoms with Crippen LogP contribution in [0.2, 0.25) is 0 Å². The van der Waals surface area contributed by atoms with E-state index in [1.165, 1.54) is 4.68 Å². The summed E-state index contributed by atoms with van der Waals surface area (Å²) in [5.74, 6) is 0.455. The summed E-state index contributed by atoms with van der Waals surface area (Å²) in [7, 11) is 1.71. The first-order valence-corrected chi connectivity index (χ1v) is 6.66. The summed E-state index contributed by atoms with van der Waals surface area (Å²) in [6.45, 7) is 1.01. The van der Waals surface area contributed by atoms with E-state index in [0.29, 0.717) is 30.3 Å². The van der Waals surface area contributed by atoms with Crippen molar-refractivity contribution in [1.82, 2.24) is 39.8 Å². The first-order chi connectivity index (χ1) is 10.7. The highest BCUT2D eigenvalue weighted by atomic mass is 16.2. The first kappa shape index (κ1) is 13.9. The molecule has 0 radical (unpaired) electrons. The van der Waals surface area contributed by atoms with Gasteiger partial charge in [-0.3, -0.25) is 14.5 Å². The minimum atomic E-state index is -0.255. The molecule has 9 nitrogen and oxygen atoms in total. The van der Waals surface area contributed by atoms with Crippen molar-refractivity contribution in [3.8, 4) is 11.5 Å². The standard InChI is InChI=1S/C13H14N8O/c1-20-9-11(18-19-20)13(22)17-5-7-21-6-4-16-12(21)10-8-14-2-3-15-10/h2-4,6,8-9H,5,7H2,1H3,(H,17,22). The van der Waals surface area contributed by atoms with Gasteiger partial charge in [0.25, 0.3) is 5.91 Å². The Balaban J connectivity index is 1.61. The maximum atomic E-state index is 11.9. The molecular weight excluding hydrogens is 284 g/mol. The Hall–Kier alpha value is -3.10. The number of hydrogen-bond donors (Lipinski definition) is 1. The third kappa shape index (κ3) is 2.97. The zero-order valence-corrected chi connectivity index (χ0v) is 11.9. The van der Waals surface area contributed by atoms with Gasteiger partial charge in [0.2, 0.25) is 0 Å². The van der Waals surface area contributed by atoms with Gasteiger partial charge in [-0.05, 0) is 0 Å². The van der Waals surface area contributed by atoms with E-state index in [-0.39, 0.29) is 5.91 Å². The van der Waals surface area contributed by atoms with Gasteiger partial charge in [0.15, 0.2) is 11.5 Å². The fraction of sp³-hybridized carbons (Fsp3) is 0.231. The lowest BCUT2D eigenvalue weighted by Crippen LogP contribution is -2.27. The Morgan fingerprint density at radius 2 is 2.18 bits per heavy atom. The smallest absolute Gasteiger partial charge is 0.273 e. The van der Waals surface area contributed by atoms with Crippen LogP contribution in [0.5, 0.6) is 0 Å². The minimum Gasteiger partial charge on any atom is -0.349 e. The van der Waals surface area contributed by atoms with E-state index < -0.39 is 0 Å². The molecule has 22 heavy (non-hydrogen) atoms. The Kier molecular flexibility index (Phi) is 3.86. The SMILES string of the molecule is Cn1cc(C(=O)NCCn2ccnc2-c2cnccn2)nn1. The number of carbonyl (C=O) groups excluding carboxylic acids is 1. The highest BCUT2D eigenvalue weighted by Gasteiger charge is 2.10. The van der Waals surface area contributed by atoms with Crippen molar-refractivity contribution >= 4 is 5.91 Å². The van der Waals surface area contributed by atoms with Crippen molar-refractivity contribution < 1.29 is 4.79 Å². The van der Waals surface area contributed by atoms with Crippen LogP contribution in [0.4, 0.5) is 0 Å². The zero-order chi connectivity index (χ0) is 15.4. The van der Waals surface area contributed by atoms with Gasteiger partial charge in [-0.25, -0.2) is 9.97 Å². The average Bonchev–Trinajstić information content (AvgIpc) is 3.17. The number of aromatic nitrogens is 7. The zero-order valence-electron chi connectivity index (χ0n) is 11.9. The molecule has 0 saturated carbocycles. The Morgan fingerprint density at radius 3 is 2.91 bits per heavy atom. The molecule has 3 rings (SSSR count). The summed E-state index contributed by atoms with van der Waals surface area (Å²) in [4.78, 5) is 24.4. The number of carbonyl (C=O) groups is 1. The van der Waals surface area contributed by atoms with Gasteiger partial charge in [-0.1, -0.05) is 5.21 Å². The fourth-order valence-electron chi connectivity index (χ4n) is 1.97. The van der Waals surface area contributed by atoms with Gasteiger partial charge in [0.05, 0.1) is 12.4 Å². The second-order valence-corrected chi connectivity index (χ2v) is 4.57. The van der Waals surface area contributed by atoms with Crippen LogP contribution in [-0.4, -0.2) is 47.0 Å². The molecule has 3 heterocycles. The predicted molar refractivity (Wildman–Crippen MR) is 76.6 cm³/mol. The molecule has 9 heteroatoms. The summed E-state index contributed by atoms with van der Waals surface area (Å²) in [5.41, 5.74) is 0.982. The number of rotatable bonds is 5. The molecule has 0 fully saturated rings. The van der Waals surface area contributed by atoms with Crippen LogP contribution in [0.15, 0.2) is 37.2 Å². The summed E-state index contributed by atoms with van der Waals surface area (Å²) in [6.07, 6.45) is 9.96. The van der Waals surface area contributed by atoms with E-state index in [4.69, 9.17) is 0 Å². The van der Waals surface area contributed by atoms with Gasteiger partial charge >= 0.3 is 0 Å². The maximum Gasteiger partial charge on any atom is 0.273 e. The van der Waals surface area contributed by atoms with E-state index in [0.717, 1.165) is 0 Å². The molecule has 1 N–H and O–H groups in total. The van der Waals surface area contributed by atoms with Crippen LogP contribution >= 0.6 is 0 Å². The Labute approximate surface area is 126 Å². The molecule has 0 aliphatic heterocycles. The summed E-state index contributed by atoms with van der Waals surface area (Å²) >= 11 is 0. The quantitative estimate of drug-likeness (QED) is 0.705. The van der Waals surface area contributed by atoms with Crippen molar-refractivity contribution in [3.05, 3.63) is 42.9 Å². The van der Waals surface area contributed by atoms with Crippen LogP contribution in [0, 0.1) is 0 Å². The van der Waals surface area contributed by atoms with E-state index in [1.54, 1.807) is 38.0 Å². The van der Waals surface area contributed by atoms with E-state index >= 15 is 0 Å². The van der Waals surface area contributed by atoms with Gasteiger partial charge in [-0.2, -0.15) is 0 Å². The highest BCUT2D eigenvalue weighted by molar-refractivity contribution is 5.91. The molecule has 3 aromatic heterocycles. The lowest BCUT2D eigenvalue weighted by Gasteiger charge is -2.07. The lowest BCUT2D eigenvalue weighted by atomic mass is 10.4. The van der Waals surface area contributed by atoms with Gasteiger partial charge < -0.3 is 9.88 Å². The number of imidazole rings is 1. The molecule has 3 aromatic rings. The number of nitrogens with zero attached hydrogens (tertiary/aromatic N) is 7. The van der Waals surface area contributed by atoms with Gasteiger partial charge in [-0.15, -0.1) is 5.10 Å². The second kappa shape index (κ2) is 6.12. The van der Waals surface area contributed by atoms with Crippen molar-refractivity contribution in [2.45, 2.75) is 6.54 Å². The number of hydrogen-bond acceptors (Lipinski definition) is 6. The summed E-state index contributed by atoms with van der Waals surface area (Å²) < 4.78 is 3.39. The third-order valence-electron chi connectivity index (χ3n) is 2.98. The lowest BCUT2D eigenvalue weighted by molar-refractivity contribution is 0.0947. The second-order valence-electron chi connectivity index (χ2n) is 4.57. The monoisotopic (exact) mass is 298 g/mol. The minimum absolute atomic E-state index is 0.255. The number of amides is 1. The topological polar surface area (TPSA) is 103 Å². The van der Waals surface area contributed by atoms with E-state index in [2.05, 4.69) is 30.6 Å². The molecule has 0 atom stereocenters. The predicted octanol–water partition coefficient (Wildman–Crippen LogP) is -0.101. The molecule has 112 valence electrons. The maximum absolute atomic E-state index is 11.9. The molecule has 0 aliphatic rings. The molecule has 1 amide bonds. The number of nitrogens with one attached hydrogen (secondary N) is 1. The summed E-state index contributed by atoms with van der Waals surface area (Å²) in [5, 5.41) is 10.3. The fourth-order valence-corrected chi connectivity index (χ4v) is 1.97. The van der Waals surface area contributed by atoms with Crippen LogP contribution in [0.1, 0.15) is 10.5 Å². The Morgan fingerprint density at radius 1 is 1.27 bits per heavy atom. The Bertz CT molecular complexity index is 763. The van der Waals surface area contributed by atoms with Crippen LogP contribution in [-0.2, 0) is 13.6 Å². The van der Waals surface area contributed by atoms with Crippen LogP contribution < -0.4 is 5.32 Å². The summed E-state index contributed by atoms with van der Waals surface area (Å²) in [6, 6.07) is 0. The van der Waals surface area contributed by atoms with E-state index in [9.17, 15) is 4.79 Å². The van der Waals surface area contributed by atoms with Crippen LogP contribution in [0.3, 0.4) is 0 Å². The molecule has 0 saturated heterocycles. The highest BCUT2D eigenvalue weighted by Crippen LogP contribution is 2.12. The van der Waals surface area contributed by atoms with Crippen LogP contribution in [0.25, 0.3) is 11.5 Å². The molecule has 0 unspecified atom stereocenters. The van der Waals surface area contributed by atoms with Crippen molar-refractivity contribution in [3.63, 3.8) is 0 Å². The molecule has 0 aliphatic carbocycles. The largest absolute Gasteiger partial charge is 0.349 e. The third-order valence-corrected chi connectivity index (χ3v) is 2.98. The average molecular weight is 298 g/mol. The van der Waals surface area contributed by atoms with Crippen molar-refractivity contribution in [2.24, 2.45) is 7.05 Å². The molecular formula is C13H14N8O. The molecule has 0 spiro atoms. The normalized spacial score (nSPS) is 10.6. The molecule has 0 aromatic carbocycles. The number of aryl methyl sites for hydroxylation is 1. The van der Waals surface area contributed by atoms with Gasteiger partial charge in [0.1, 0.15) is 5.69 Å². The van der Waals surface area contributed by atoms with E-state index in [1.807, 2.05) is 10.8 Å². The molecule has 0 bridgehead atoms. The van der Waals surface area contributed by atoms with Crippen molar-refractivity contribution in [1.29, 1.82) is 0 Å². The van der Waals surface area contributed by atoms with Gasteiger partial charge in [0, 0.05) is 44.9 Å².